The SMILES string of the molecule is CCCCCCC(C)(CO)CCCCCC. The average Bonchev–Trinajstić information content (AvgIpc) is 2.31. The van der Waals surface area contributed by atoms with E-state index in [1.165, 1.54) is 64.2 Å². The molecule has 0 aromatic heterocycles. The van der Waals surface area contributed by atoms with Crippen LogP contribution >= 0.6 is 0 Å². The number of unbranched alkanes of at least 4 members (excludes halogenated alkanes) is 6. The summed E-state index contributed by atoms with van der Waals surface area (Å²) in [5.41, 5.74) is 0.196. The normalized spacial score (nSPS) is 12.0. The van der Waals surface area contributed by atoms with Gasteiger partial charge in [0.2, 0.25) is 0 Å². The van der Waals surface area contributed by atoms with Crippen molar-refractivity contribution in [2.24, 2.45) is 5.41 Å². The predicted molar refractivity (Wildman–Crippen MR) is 72.7 cm³/mol. The van der Waals surface area contributed by atoms with Crippen LogP contribution in [0, 0.1) is 5.41 Å². The minimum Gasteiger partial charge on any atom is -0.396 e. The molecule has 16 heavy (non-hydrogen) atoms. The van der Waals surface area contributed by atoms with Crippen LogP contribution in [0.15, 0.2) is 0 Å². The number of rotatable bonds is 11. The van der Waals surface area contributed by atoms with Crippen molar-refractivity contribution < 1.29 is 5.11 Å². The summed E-state index contributed by atoms with van der Waals surface area (Å²) in [5, 5.41) is 9.50. The maximum absolute atomic E-state index is 9.50. The summed E-state index contributed by atoms with van der Waals surface area (Å²) < 4.78 is 0. The fourth-order valence-electron chi connectivity index (χ4n) is 2.24. The smallest absolute Gasteiger partial charge is 0.0484 e. The highest BCUT2D eigenvalue weighted by Crippen LogP contribution is 2.30. The molecule has 0 bridgehead atoms. The van der Waals surface area contributed by atoms with Gasteiger partial charge in [0, 0.05) is 6.61 Å². The van der Waals surface area contributed by atoms with E-state index in [2.05, 4.69) is 20.8 Å². The molecule has 0 aromatic rings. The first-order chi connectivity index (χ1) is 7.68. The van der Waals surface area contributed by atoms with Crippen molar-refractivity contribution in [3.05, 3.63) is 0 Å². The van der Waals surface area contributed by atoms with E-state index in [1.54, 1.807) is 0 Å². The largest absolute Gasteiger partial charge is 0.396 e. The van der Waals surface area contributed by atoms with Gasteiger partial charge in [0.25, 0.3) is 0 Å². The van der Waals surface area contributed by atoms with E-state index in [0.717, 1.165) is 0 Å². The summed E-state index contributed by atoms with van der Waals surface area (Å²) in [6.07, 6.45) is 12.9. The van der Waals surface area contributed by atoms with Gasteiger partial charge in [-0.3, -0.25) is 0 Å². The molecule has 0 saturated carbocycles. The van der Waals surface area contributed by atoms with Crippen molar-refractivity contribution in [1.82, 2.24) is 0 Å². The van der Waals surface area contributed by atoms with Crippen molar-refractivity contribution >= 4 is 0 Å². The highest BCUT2D eigenvalue weighted by molar-refractivity contribution is 4.73. The summed E-state index contributed by atoms with van der Waals surface area (Å²) in [7, 11) is 0. The topological polar surface area (TPSA) is 20.2 Å². The van der Waals surface area contributed by atoms with E-state index < -0.39 is 0 Å². The lowest BCUT2D eigenvalue weighted by atomic mass is 9.80. The van der Waals surface area contributed by atoms with Gasteiger partial charge in [0.05, 0.1) is 0 Å². The third-order valence-electron chi connectivity index (χ3n) is 3.65. The fourth-order valence-corrected chi connectivity index (χ4v) is 2.24. The van der Waals surface area contributed by atoms with E-state index in [4.69, 9.17) is 0 Å². The number of hydrogen-bond donors (Lipinski definition) is 1. The third-order valence-corrected chi connectivity index (χ3v) is 3.65. The van der Waals surface area contributed by atoms with Gasteiger partial charge >= 0.3 is 0 Å². The van der Waals surface area contributed by atoms with Crippen LogP contribution in [0.3, 0.4) is 0 Å². The molecule has 0 radical (unpaired) electrons. The van der Waals surface area contributed by atoms with Crippen molar-refractivity contribution in [3.8, 4) is 0 Å². The van der Waals surface area contributed by atoms with Crippen molar-refractivity contribution in [1.29, 1.82) is 0 Å². The van der Waals surface area contributed by atoms with Crippen LogP contribution in [-0.2, 0) is 0 Å². The molecule has 98 valence electrons. The molecule has 0 aliphatic rings. The lowest BCUT2D eigenvalue weighted by molar-refractivity contribution is 0.116. The van der Waals surface area contributed by atoms with Gasteiger partial charge in [0.15, 0.2) is 0 Å². The quantitative estimate of drug-likeness (QED) is 0.497. The van der Waals surface area contributed by atoms with Crippen LogP contribution < -0.4 is 0 Å². The molecular weight excluding hydrogens is 196 g/mol. The first-order valence-electron chi connectivity index (χ1n) is 7.29. The third kappa shape index (κ3) is 8.15. The Morgan fingerprint density at radius 3 is 1.50 bits per heavy atom. The van der Waals surface area contributed by atoms with Gasteiger partial charge in [-0.15, -0.1) is 0 Å². The molecule has 0 aliphatic carbocycles. The monoisotopic (exact) mass is 228 g/mol. The first-order valence-corrected chi connectivity index (χ1v) is 7.29. The number of hydrogen-bond acceptors (Lipinski definition) is 1. The Labute approximate surface area is 103 Å². The van der Waals surface area contributed by atoms with E-state index >= 15 is 0 Å². The standard InChI is InChI=1S/C15H32O/c1-4-6-8-10-12-15(3,14-16)13-11-9-7-5-2/h16H,4-14H2,1-3H3. The van der Waals surface area contributed by atoms with Crippen LogP contribution in [0.25, 0.3) is 0 Å². The van der Waals surface area contributed by atoms with Crippen molar-refractivity contribution in [3.63, 3.8) is 0 Å². The molecular formula is C15H32O. The molecule has 0 spiro atoms. The Bertz CT molecular complexity index is 130. The number of aliphatic hydroxyl groups is 1. The molecule has 0 atom stereocenters. The van der Waals surface area contributed by atoms with Gasteiger partial charge in [-0.1, -0.05) is 72.1 Å². The molecule has 0 rings (SSSR count). The van der Waals surface area contributed by atoms with Crippen LogP contribution in [0.5, 0.6) is 0 Å². The summed E-state index contributed by atoms with van der Waals surface area (Å²) in [5.74, 6) is 0. The second-order valence-corrected chi connectivity index (χ2v) is 5.59. The van der Waals surface area contributed by atoms with Gasteiger partial charge in [-0.05, 0) is 18.3 Å². The number of aliphatic hydroxyl groups excluding tert-OH is 1. The van der Waals surface area contributed by atoms with Crippen LogP contribution in [0.2, 0.25) is 0 Å². The van der Waals surface area contributed by atoms with Crippen molar-refractivity contribution in [2.45, 2.75) is 85.0 Å². The molecule has 0 unspecified atom stereocenters. The second-order valence-electron chi connectivity index (χ2n) is 5.59. The maximum atomic E-state index is 9.50. The summed E-state index contributed by atoms with van der Waals surface area (Å²) >= 11 is 0. The van der Waals surface area contributed by atoms with E-state index in [0.29, 0.717) is 6.61 Å². The Morgan fingerprint density at radius 2 is 1.19 bits per heavy atom. The maximum Gasteiger partial charge on any atom is 0.0484 e. The zero-order valence-electron chi connectivity index (χ0n) is 11.7. The average molecular weight is 228 g/mol. The lowest BCUT2D eigenvalue weighted by Crippen LogP contribution is -2.21. The van der Waals surface area contributed by atoms with E-state index in [-0.39, 0.29) is 5.41 Å². The summed E-state index contributed by atoms with van der Waals surface area (Å²) in [4.78, 5) is 0. The molecule has 1 nitrogen and oxygen atoms in total. The predicted octanol–water partition coefficient (Wildman–Crippen LogP) is 4.93. The lowest BCUT2D eigenvalue weighted by Gasteiger charge is -2.27. The van der Waals surface area contributed by atoms with Crippen LogP contribution in [-0.4, -0.2) is 11.7 Å². The molecule has 0 saturated heterocycles. The highest BCUT2D eigenvalue weighted by Gasteiger charge is 2.21. The zero-order chi connectivity index (χ0) is 12.3. The molecule has 0 amide bonds. The molecule has 0 aliphatic heterocycles. The van der Waals surface area contributed by atoms with Gasteiger partial charge in [-0.25, -0.2) is 0 Å². The van der Waals surface area contributed by atoms with E-state index in [1.807, 2.05) is 0 Å². The fraction of sp³-hybridized carbons (Fsp3) is 1.00. The van der Waals surface area contributed by atoms with E-state index in [9.17, 15) is 5.11 Å². The Morgan fingerprint density at radius 1 is 0.750 bits per heavy atom. The minimum atomic E-state index is 0.196. The summed E-state index contributed by atoms with van der Waals surface area (Å²) in [6, 6.07) is 0. The Balaban J connectivity index is 3.64. The molecule has 1 N–H and O–H groups in total. The second kappa shape index (κ2) is 10.1. The minimum absolute atomic E-state index is 0.196. The molecule has 0 heterocycles. The Kier molecular flexibility index (Phi) is 10.1. The molecule has 0 fully saturated rings. The van der Waals surface area contributed by atoms with Gasteiger partial charge in [-0.2, -0.15) is 0 Å². The van der Waals surface area contributed by atoms with Crippen molar-refractivity contribution in [2.75, 3.05) is 6.61 Å². The zero-order valence-corrected chi connectivity index (χ0v) is 11.7. The molecule has 1 heteroatoms. The van der Waals surface area contributed by atoms with Gasteiger partial charge in [0.1, 0.15) is 0 Å². The highest BCUT2D eigenvalue weighted by atomic mass is 16.3. The van der Waals surface area contributed by atoms with Gasteiger partial charge < -0.3 is 5.11 Å². The van der Waals surface area contributed by atoms with Crippen LogP contribution in [0.1, 0.15) is 85.0 Å². The summed E-state index contributed by atoms with van der Waals surface area (Å²) in [6.45, 7) is 7.11. The van der Waals surface area contributed by atoms with Crippen LogP contribution in [0.4, 0.5) is 0 Å². The first kappa shape index (κ1) is 16.0. The molecule has 0 aromatic carbocycles. The Hall–Kier alpha value is -0.0400.